The monoisotopic (exact) mass is 468 g/mol. The van der Waals surface area contributed by atoms with Gasteiger partial charge in [0, 0.05) is 18.2 Å². The number of aromatic nitrogens is 1. The molecule has 34 heavy (non-hydrogen) atoms. The first kappa shape index (κ1) is 24.6. The molecule has 1 heterocycles. The fourth-order valence-electron chi connectivity index (χ4n) is 3.59. The summed E-state index contributed by atoms with van der Waals surface area (Å²) in [4.78, 5) is 28.2. The fraction of sp³-hybridized carbons (Fsp3) is 0.320. The molecule has 9 heteroatoms. The van der Waals surface area contributed by atoms with Gasteiger partial charge in [0.2, 0.25) is 5.91 Å². The minimum Gasteiger partial charge on any atom is -0.493 e. The number of hydrogen-bond acceptors (Lipinski definition) is 7. The number of hydrogen-bond donors (Lipinski definition) is 2. The molecule has 0 aliphatic carbocycles. The first-order valence-electron chi connectivity index (χ1n) is 10.6. The van der Waals surface area contributed by atoms with Crippen LogP contribution in [0.1, 0.15) is 24.6 Å². The Hall–Kier alpha value is -4.01. The Kier molecular flexibility index (Phi) is 7.78. The number of carbonyl (C=O) groups excluding carboxylic acids is 1. The van der Waals surface area contributed by atoms with Gasteiger partial charge >= 0.3 is 5.97 Å². The van der Waals surface area contributed by atoms with Gasteiger partial charge in [-0.2, -0.15) is 0 Å². The molecule has 0 saturated heterocycles. The van der Waals surface area contributed by atoms with Crippen LogP contribution in [0.3, 0.4) is 0 Å². The van der Waals surface area contributed by atoms with Gasteiger partial charge in [-0.05, 0) is 41.3 Å². The SMILES string of the molecule is COc1ccc(Cc2nc(NC(=O)CC(C)C(=O)O)cc3cc(OC)c(OC)cc23)cc1OC. The molecule has 3 aromatic rings. The van der Waals surface area contributed by atoms with Crippen LogP contribution in [0.4, 0.5) is 5.82 Å². The zero-order chi connectivity index (χ0) is 24.8. The number of nitrogens with zero attached hydrogens (tertiary/aromatic N) is 1. The average Bonchev–Trinajstić information content (AvgIpc) is 2.82. The topological polar surface area (TPSA) is 116 Å². The molecule has 3 rings (SSSR count). The second-order valence-corrected chi connectivity index (χ2v) is 7.74. The van der Waals surface area contributed by atoms with Gasteiger partial charge in [0.1, 0.15) is 5.82 Å². The van der Waals surface area contributed by atoms with Gasteiger partial charge in [-0.3, -0.25) is 9.59 Å². The van der Waals surface area contributed by atoms with Crippen LogP contribution in [0.2, 0.25) is 0 Å². The predicted molar refractivity (Wildman–Crippen MR) is 127 cm³/mol. The van der Waals surface area contributed by atoms with Crippen molar-refractivity contribution in [1.82, 2.24) is 4.98 Å². The Morgan fingerprint density at radius 2 is 1.53 bits per heavy atom. The van der Waals surface area contributed by atoms with Crippen molar-refractivity contribution < 1.29 is 33.6 Å². The molecule has 0 fully saturated rings. The zero-order valence-corrected chi connectivity index (χ0v) is 19.8. The number of pyridine rings is 1. The first-order chi connectivity index (χ1) is 16.3. The number of fused-ring (bicyclic) bond motifs is 1. The predicted octanol–water partition coefficient (Wildman–Crippen LogP) is 3.91. The number of carboxylic acid groups (broad SMARTS) is 1. The molecule has 0 aliphatic rings. The van der Waals surface area contributed by atoms with E-state index in [1.807, 2.05) is 30.3 Å². The highest BCUT2D eigenvalue weighted by Gasteiger charge is 2.18. The van der Waals surface area contributed by atoms with Gasteiger partial charge in [0.05, 0.1) is 40.1 Å². The normalized spacial score (nSPS) is 11.6. The number of nitrogens with one attached hydrogen (secondary N) is 1. The van der Waals surface area contributed by atoms with Gasteiger partial charge in [-0.15, -0.1) is 0 Å². The number of benzene rings is 2. The summed E-state index contributed by atoms with van der Waals surface area (Å²) in [5, 5.41) is 13.4. The zero-order valence-electron chi connectivity index (χ0n) is 19.8. The standard InChI is InChI=1S/C25H28N2O7/c1-14(25(29)30)8-24(28)27-23-12-16-11-21(33-4)22(34-5)13-17(16)18(26-23)9-15-6-7-19(31-2)20(10-15)32-3/h6-7,10-14H,8-9H2,1-5H3,(H,29,30)(H,26,27,28). The van der Waals surface area contributed by atoms with Crippen molar-refractivity contribution in [3.05, 3.63) is 47.7 Å². The smallest absolute Gasteiger partial charge is 0.306 e. The third-order valence-electron chi connectivity index (χ3n) is 5.41. The van der Waals surface area contributed by atoms with Crippen LogP contribution in [0.25, 0.3) is 10.8 Å². The molecule has 2 aromatic carbocycles. The lowest BCUT2D eigenvalue weighted by Gasteiger charge is -2.15. The van der Waals surface area contributed by atoms with Crippen molar-refractivity contribution in [3.63, 3.8) is 0 Å². The molecule has 1 unspecified atom stereocenters. The number of anilines is 1. The van der Waals surface area contributed by atoms with Crippen molar-refractivity contribution >= 4 is 28.5 Å². The second-order valence-electron chi connectivity index (χ2n) is 7.74. The fourth-order valence-corrected chi connectivity index (χ4v) is 3.59. The van der Waals surface area contributed by atoms with Crippen molar-refractivity contribution in [1.29, 1.82) is 0 Å². The molecule has 180 valence electrons. The van der Waals surface area contributed by atoms with Crippen LogP contribution in [0.5, 0.6) is 23.0 Å². The summed E-state index contributed by atoms with van der Waals surface area (Å²) in [5.41, 5.74) is 1.61. The minimum absolute atomic E-state index is 0.161. The summed E-state index contributed by atoms with van der Waals surface area (Å²) < 4.78 is 21.6. The summed E-state index contributed by atoms with van der Waals surface area (Å²) in [5.74, 6) is 0.341. The van der Waals surface area contributed by atoms with E-state index in [9.17, 15) is 9.59 Å². The molecule has 9 nitrogen and oxygen atoms in total. The number of rotatable bonds is 10. The average molecular weight is 469 g/mol. The highest BCUT2D eigenvalue weighted by Crippen LogP contribution is 2.36. The third-order valence-corrected chi connectivity index (χ3v) is 5.41. The van der Waals surface area contributed by atoms with Crippen molar-refractivity contribution in [2.75, 3.05) is 33.8 Å². The van der Waals surface area contributed by atoms with E-state index >= 15 is 0 Å². The maximum atomic E-state index is 12.4. The number of carbonyl (C=O) groups is 2. The van der Waals surface area contributed by atoms with Gasteiger partial charge in [-0.25, -0.2) is 4.98 Å². The van der Waals surface area contributed by atoms with Crippen molar-refractivity contribution in [2.24, 2.45) is 5.92 Å². The Morgan fingerprint density at radius 1 is 0.912 bits per heavy atom. The molecule has 0 aliphatic heterocycles. The van der Waals surface area contributed by atoms with E-state index in [0.29, 0.717) is 40.9 Å². The lowest BCUT2D eigenvalue weighted by molar-refractivity contribution is -0.142. The first-order valence-corrected chi connectivity index (χ1v) is 10.6. The largest absolute Gasteiger partial charge is 0.493 e. The van der Waals surface area contributed by atoms with E-state index in [0.717, 1.165) is 16.3 Å². The van der Waals surface area contributed by atoms with E-state index in [1.54, 1.807) is 34.5 Å². The summed E-state index contributed by atoms with van der Waals surface area (Å²) in [6, 6.07) is 11.0. The number of amides is 1. The van der Waals surface area contributed by atoms with Crippen LogP contribution in [-0.2, 0) is 16.0 Å². The molecule has 1 amide bonds. The van der Waals surface area contributed by atoms with E-state index in [4.69, 9.17) is 24.1 Å². The molecular formula is C25H28N2O7. The van der Waals surface area contributed by atoms with E-state index < -0.39 is 17.8 Å². The molecule has 0 spiro atoms. The van der Waals surface area contributed by atoms with Gasteiger partial charge in [0.15, 0.2) is 23.0 Å². The van der Waals surface area contributed by atoms with E-state index in [1.165, 1.54) is 6.92 Å². The number of aliphatic carboxylic acids is 1. The van der Waals surface area contributed by atoms with Crippen LogP contribution >= 0.6 is 0 Å². The molecule has 2 N–H and O–H groups in total. The molecule has 0 radical (unpaired) electrons. The highest BCUT2D eigenvalue weighted by molar-refractivity contribution is 5.96. The van der Waals surface area contributed by atoms with Crippen molar-refractivity contribution in [2.45, 2.75) is 19.8 Å². The quantitative estimate of drug-likeness (QED) is 0.460. The summed E-state index contributed by atoms with van der Waals surface area (Å²) in [7, 11) is 6.25. The second kappa shape index (κ2) is 10.7. The summed E-state index contributed by atoms with van der Waals surface area (Å²) >= 11 is 0. The Bertz CT molecular complexity index is 1210. The molecule has 1 aromatic heterocycles. The van der Waals surface area contributed by atoms with Gasteiger partial charge < -0.3 is 29.4 Å². The third kappa shape index (κ3) is 5.48. The molecule has 0 bridgehead atoms. The summed E-state index contributed by atoms with van der Waals surface area (Å²) in [6.45, 7) is 1.48. The lowest BCUT2D eigenvalue weighted by atomic mass is 10.0. The number of carboxylic acids is 1. The Morgan fingerprint density at radius 3 is 2.15 bits per heavy atom. The molecule has 1 atom stereocenters. The lowest BCUT2D eigenvalue weighted by Crippen LogP contribution is -2.20. The maximum Gasteiger partial charge on any atom is 0.306 e. The van der Waals surface area contributed by atoms with Gasteiger partial charge in [-0.1, -0.05) is 13.0 Å². The van der Waals surface area contributed by atoms with Gasteiger partial charge in [0.25, 0.3) is 0 Å². The highest BCUT2D eigenvalue weighted by atomic mass is 16.5. The van der Waals surface area contributed by atoms with Crippen LogP contribution in [0.15, 0.2) is 36.4 Å². The molecule has 0 saturated carbocycles. The summed E-state index contributed by atoms with van der Waals surface area (Å²) in [6.07, 6.45) is 0.271. The van der Waals surface area contributed by atoms with Crippen LogP contribution < -0.4 is 24.3 Å². The van der Waals surface area contributed by atoms with Crippen LogP contribution in [-0.4, -0.2) is 50.4 Å². The Labute approximate surface area is 197 Å². The van der Waals surface area contributed by atoms with Crippen LogP contribution in [0, 0.1) is 5.92 Å². The van der Waals surface area contributed by atoms with E-state index in [2.05, 4.69) is 10.3 Å². The Balaban J connectivity index is 2.06. The maximum absolute atomic E-state index is 12.4. The minimum atomic E-state index is -1.03. The van der Waals surface area contributed by atoms with Crippen molar-refractivity contribution in [3.8, 4) is 23.0 Å². The number of ether oxygens (including phenoxy) is 4. The molecular weight excluding hydrogens is 440 g/mol. The number of methoxy groups -OCH3 is 4. The van der Waals surface area contributed by atoms with E-state index in [-0.39, 0.29) is 6.42 Å².